The fourth-order valence-electron chi connectivity index (χ4n) is 1.86. The maximum absolute atomic E-state index is 12.6. The molecule has 7 heteroatoms. The first-order chi connectivity index (χ1) is 9.60. The van der Waals surface area contributed by atoms with E-state index in [1.54, 1.807) is 0 Å². The fraction of sp³-hybridized carbons (Fsp3) is 0.571. The minimum Gasteiger partial charge on any atom is -0.373 e. The van der Waals surface area contributed by atoms with Crippen molar-refractivity contribution in [1.82, 2.24) is 0 Å². The van der Waals surface area contributed by atoms with Gasteiger partial charge in [0, 0.05) is 24.5 Å². The average molecular weight is 322 g/mol. The normalized spacial score (nSPS) is 13.2. The molecule has 0 aliphatic carbocycles. The van der Waals surface area contributed by atoms with Gasteiger partial charge in [-0.2, -0.15) is 13.2 Å². The van der Waals surface area contributed by atoms with Crippen LogP contribution in [0.25, 0.3) is 0 Å². The van der Waals surface area contributed by atoms with Gasteiger partial charge in [0.05, 0.1) is 5.56 Å². The Morgan fingerprint density at radius 1 is 0.905 bits per heavy atom. The smallest absolute Gasteiger partial charge is 0.373 e. The second kappa shape index (κ2) is 6.91. The van der Waals surface area contributed by atoms with E-state index in [1.807, 2.05) is 27.7 Å². The number of alkyl halides is 3. The van der Waals surface area contributed by atoms with Gasteiger partial charge in [-0.15, -0.1) is 0 Å². The first-order valence-electron chi connectivity index (χ1n) is 6.69. The molecular weight excluding hydrogens is 301 g/mol. The largest absolute Gasteiger partial charge is 0.537 e. The molecule has 0 heterocycles. The summed E-state index contributed by atoms with van der Waals surface area (Å²) >= 11 is 0. The van der Waals surface area contributed by atoms with E-state index in [4.69, 9.17) is 13.3 Å². The molecule has 21 heavy (non-hydrogen) atoms. The summed E-state index contributed by atoms with van der Waals surface area (Å²) in [4.78, 5) is 0. The van der Waals surface area contributed by atoms with Gasteiger partial charge in [0.1, 0.15) is 0 Å². The SMILES string of the molecule is CO[Si](OC(C)C)(OC(C)C)c1ccc(C(F)(F)F)cc1. The number of rotatable bonds is 6. The van der Waals surface area contributed by atoms with E-state index in [-0.39, 0.29) is 12.2 Å². The minimum atomic E-state index is -4.37. The maximum atomic E-state index is 12.6. The van der Waals surface area contributed by atoms with Gasteiger partial charge in [-0.1, -0.05) is 12.1 Å². The Kier molecular flexibility index (Phi) is 5.98. The van der Waals surface area contributed by atoms with Crippen molar-refractivity contribution in [3.05, 3.63) is 29.8 Å². The third-order valence-electron chi connectivity index (χ3n) is 2.62. The van der Waals surface area contributed by atoms with Crippen LogP contribution in [-0.2, 0) is 19.5 Å². The zero-order valence-corrected chi connectivity index (χ0v) is 13.8. The highest BCUT2D eigenvalue weighted by Crippen LogP contribution is 2.28. The predicted molar refractivity (Wildman–Crippen MR) is 76.3 cm³/mol. The molecule has 1 aromatic rings. The number of hydrogen-bond donors (Lipinski definition) is 0. The average Bonchev–Trinajstić information content (AvgIpc) is 2.35. The molecule has 0 aliphatic heterocycles. The van der Waals surface area contributed by atoms with Gasteiger partial charge < -0.3 is 13.3 Å². The van der Waals surface area contributed by atoms with Crippen LogP contribution in [0.3, 0.4) is 0 Å². The molecule has 0 aromatic heterocycles. The van der Waals surface area contributed by atoms with Gasteiger partial charge >= 0.3 is 15.0 Å². The number of benzene rings is 1. The molecule has 120 valence electrons. The van der Waals surface area contributed by atoms with Crippen molar-refractivity contribution in [1.29, 1.82) is 0 Å². The highest BCUT2D eigenvalue weighted by molar-refractivity contribution is 6.75. The fourth-order valence-corrected chi connectivity index (χ4v) is 4.43. The van der Waals surface area contributed by atoms with Crippen LogP contribution >= 0.6 is 0 Å². The van der Waals surface area contributed by atoms with Crippen LogP contribution in [0.1, 0.15) is 33.3 Å². The van der Waals surface area contributed by atoms with Crippen LogP contribution in [0.5, 0.6) is 0 Å². The Morgan fingerprint density at radius 3 is 1.62 bits per heavy atom. The Hall–Kier alpha value is -0.893. The molecule has 0 N–H and O–H groups in total. The number of hydrogen-bond acceptors (Lipinski definition) is 3. The standard InChI is InChI=1S/C14H21F3O3Si/c1-10(2)19-21(18-5,20-11(3)4)13-8-6-12(7-9-13)14(15,16)17/h6-11H,1-5H3. The van der Waals surface area contributed by atoms with Crippen LogP contribution in [0.15, 0.2) is 24.3 Å². The van der Waals surface area contributed by atoms with E-state index in [1.165, 1.54) is 19.2 Å². The molecule has 0 unspecified atom stereocenters. The molecule has 0 saturated heterocycles. The van der Waals surface area contributed by atoms with Crippen molar-refractivity contribution in [2.24, 2.45) is 0 Å². The summed E-state index contributed by atoms with van der Waals surface area (Å²) in [6.45, 7) is 7.31. The van der Waals surface area contributed by atoms with Gasteiger partial charge in [-0.05, 0) is 39.8 Å². The predicted octanol–water partition coefficient (Wildman–Crippen LogP) is 3.35. The summed E-state index contributed by atoms with van der Waals surface area (Å²) in [6, 6.07) is 4.76. The summed E-state index contributed by atoms with van der Waals surface area (Å²) in [7, 11) is -1.77. The quantitative estimate of drug-likeness (QED) is 0.752. The third-order valence-corrected chi connectivity index (χ3v) is 5.76. The van der Waals surface area contributed by atoms with Crippen molar-refractivity contribution in [2.45, 2.75) is 46.1 Å². The Bertz CT molecular complexity index is 434. The summed E-state index contributed by atoms with van der Waals surface area (Å²) in [5.74, 6) is 0. The molecule has 1 rings (SSSR count). The van der Waals surface area contributed by atoms with Crippen molar-refractivity contribution >= 4 is 14.0 Å². The van der Waals surface area contributed by atoms with Crippen molar-refractivity contribution < 1.29 is 26.4 Å². The van der Waals surface area contributed by atoms with E-state index in [2.05, 4.69) is 0 Å². The summed E-state index contributed by atoms with van der Waals surface area (Å²) in [5.41, 5.74) is -0.709. The molecule has 0 spiro atoms. The van der Waals surface area contributed by atoms with E-state index in [0.29, 0.717) is 5.19 Å². The molecular formula is C14H21F3O3Si. The first kappa shape index (κ1) is 18.2. The van der Waals surface area contributed by atoms with Crippen LogP contribution in [-0.4, -0.2) is 28.1 Å². The summed E-state index contributed by atoms with van der Waals surface area (Å²) in [5, 5.41) is 0.514. The van der Waals surface area contributed by atoms with Gasteiger partial charge in [0.15, 0.2) is 0 Å². The molecule has 1 aromatic carbocycles. The Morgan fingerprint density at radius 2 is 1.33 bits per heavy atom. The highest BCUT2D eigenvalue weighted by atomic mass is 28.4. The molecule has 0 fully saturated rings. The zero-order chi connectivity index (χ0) is 16.3. The van der Waals surface area contributed by atoms with E-state index < -0.39 is 20.5 Å². The molecule has 0 radical (unpaired) electrons. The van der Waals surface area contributed by atoms with E-state index >= 15 is 0 Å². The van der Waals surface area contributed by atoms with Gasteiger partial charge in [-0.25, -0.2) is 0 Å². The highest BCUT2D eigenvalue weighted by Gasteiger charge is 2.45. The number of halogens is 3. The molecule has 0 saturated carbocycles. The molecule has 0 aliphatic rings. The van der Waals surface area contributed by atoms with Crippen LogP contribution < -0.4 is 5.19 Å². The van der Waals surface area contributed by atoms with Gasteiger partial charge in [0.2, 0.25) is 0 Å². The Balaban J connectivity index is 3.19. The van der Waals surface area contributed by atoms with Gasteiger partial charge in [0.25, 0.3) is 0 Å². The lowest BCUT2D eigenvalue weighted by atomic mass is 10.2. The van der Waals surface area contributed by atoms with Gasteiger partial charge in [-0.3, -0.25) is 0 Å². The lowest BCUT2D eigenvalue weighted by Gasteiger charge is -2.32. The van der Waals surface area contributed by atoms with Crippen LogP contribution in [0.4, 0.5) is 13.2 Å². The topological polar surface area (TPSA) is 27.7 Å². The molecule has 3 nitrogen and oxygen atoms in total. The first-order valence-corrected chi connectivity index (χ1v) is 8.41. The summed E-state index contributed by atoms with van der Waals surface area (Å²) in [6.07, 6.45) is -4.71. The maximum Gasteiger partial charge on any atom is 0.537 e. The van der Waals surface area contributed by atoms with Crippen molar-refractivity contribution in [3.8, 4) is 0 Å². The van der Waals surface area contributed by atoms with Crippen LogP contribution in [0.2, 0.25) is 0 Å². The van der Waals surface area contributed by atoms with E-state index in [0.717, 1.165) is 12.1 Å². The molecule has 0 amide bonds. The van der Waals surface area contributed by atoms with Crippen molar-refractivity contribution in [2.75, 3.05) is 7.11 Å². The Labute approximate surface area is 124 Å². The van der Waals surface area contributed by atoms with Crippen LogP contribution in [0, 0.1) is 0 Å². The molecule has 0 bridgehead atoms. The lowest BCUT2D eigenvalue weighted by molar-refractivity contribution is -0.137. The van der Waals surface area contributed by atoms with E-state index in [9.17, 15) is 13.2 Å². The van der Waals surface area contributed by atoms with Crippen molar-refractivity contribution in [3.63, 3.8) is 0 Å². The molecule has 0 atom stereocenters. The second-order valence-corrected chi connectivity index (χ2v) is 7.74. The monoisotopic (exact) mass is 322 g/mol. The minimum absolute atomic E-state index is 0.169. The third kappa shape index (κ3) is 4.81. The zero-order valence-electron chi connectivity index (χ0n) is 12.8. The second-order valence-electron chi connectivity index (χ2n) is 5.17. The lowest BCUT2D eigenvalue weighted by Crippen LogP contribution is -2.58. The summed E-state index contributed by atoms with van der Waals surface area (Å²) < 4.78 is 55.0.